The molecule has 3 nitrogen and oxygen atoms in total. The minimum absolute atomic E-state index is 0.00958. The van der Waals surface area contributed by atoms with Crippen molar-refractivity contribution in [1.82, 2.24) is 0 Å². The van der Waals surface area contributed by atoms with Crippen molar-refractivity contribution in [3.63, 3.8) is 0 Å². The summed E-state index contributed by atoms with van der Waals surface area (Å²) in [6.45, 7) is 14.5. The Morgan fingerprint density at radius 2 is 1.94 bits per heavy atom. The molecule has 4 aliphatic carbocycles. The molecule has 0 spiro atoms. The molecule has 0 amide bonds. The third-order valence-electron chi connectivity index (χ3n) is 10.2. The first kappa shape index (κ1) is 21.2. The average molecular weight is 423 g/mol. The molecule has 0 N–H and O–H groups in total. The highest BCUT2D eigenvalue weighted by Crippen LogP contribution is 2.72. The van der Waals surface area contributed by atoms with Crippen LogP contribution in [-0.4, -0.2) is 18.5 Å². The molecular formula is C28H38O3. The molecule has 4 aliphatic rings. The molecule has 2 fully saturated rings. The summed E-state index contributed by atoms with van der Waals surface area (Å²) in [5.41, 5.74) is 2.71. The van der Waals surface area contributed by atoms with Gasteiger partial charge in [0.1, 0.15) is 0 Å². The predicted octanol–water partition coefficient (Wildman–Crippen LogP) is 6.71. The number of carbonyl (C=O) groups is 1. The van der Waals surface area contributed by atoms with Crippen molar-refractivity contribution in [1.29, 1.82) is 0 Å². The van der Waals surface area contributed by atoms with E-state index < -0.39 is 0 Å². The van der Waals surface area contributed by atoms with Gasteiger partial charge < -0.3 is 9.15 Å². The standard InChI is InChI=1S/C28H38O3/c1-7-31-24-16-22-25(2,3)23(29)11-14-27(22,5)21-10-13-26(4)19(18-12-15-30-17-18)8-9-20(26)28(21,24)6/h9,11-12,14-15,17,19,21-22,24H,7-8,10,13,16H2,1-6H3/t19-,21?,22?,24+,26-,27+,28-/m0/s1. The van der Waals surface area contributed by atoms with Gasteiger partial charge in [0.15, 0.2) is 5.78 Å². The van der Waals surface area contributed by atoms with Gasteiger partial charge >= 0.3 is 0 Å². The molecule has 1 aromatic rings. The van der Waals surface area contributed by atoms with Gasteiger partial charge in [0, 0.05) is 17.4 Å². The zero-order valence-corrected chi connectivity index (χ0v) is 20.0. The second-order valence-electron chi connectivity index (χ2n) is 11.8. The Hall–Kier alpha value is -1.61. The second-order valence-corrected chi connectivity index (χ2v) is 11.8. The maximum atomic E-state index is 12.9. The fourth-order valence-electron chi connectivity index (χ4n) is 8.67. The van der Waals surface area contributed by atoms with Crippen molar-refractivity contribution >= 4 is 5.78 Å². The molecule has 7 atom stereocenters. The number of ether oxygens (including phenoxy) is 1. The van der Waals surface area contributed by atoms with Crippen molar-refractivity contribution in [3.8, 4) is 0 Å². The van der Waals surface area contributed by atoms with Crippen LogP contribution in [0.1, 0.15) is 78.7 Å². The van der Waals surface area contributed by atoms with Crippen LogP contribution < -0.4 is 0 Å². The van der Waals surface area contributed by atoms with Gasteiger partial charge in [-0.05, 0) is 78.9 Å². The summed E-state index contributed by atoms with van der Waals surface area (Å²) in [6, 6.07) is 2.15. The summed E-state index contributed by atoms with van der Waals surface area (Å²) < 4.78 is 12.0. The number of fused-ring (bicyclic) bond motifs is 5. The Kier molecular flexibility index (Phi) is 4.59. The highest BCUT2D eigenvalue weighted by atomic mass is 16.5. The second kappa shape index (κ2) is 6.70. The molecule has 0 aliphatic heterocycles. The zero-order valence-electron chi connectivity index (χ0n) is 20.0. The number of ketones is 1. The van der Waals surface area contributed by atoms with Crippen LogP contribution in [0.5, 0.6) is 0 Å². The normalized spacial score (nSPS) is 45.6. The monoisotopic (exact) mass is 422 g/mol. The lowest BCUT2D eigenvalue weighted by atomic mass is 9.38. The van der Waals surface area contributed by atoms with E-state index in [4.69, 9.17) is 9.15 Å². The van der Waals surface area contributed by atoms with Crippen LogP contribution in [0.2, 0.25) is 0 Å². The first-order chi connectivity index (χ1) is 14.6. The Bertz CT molecular complexity index is 937. The number of hydrogen-bond donors (Lipinski definition) is 0. The third-order valence-corrected chi connectivity index (χ3v) is 10.2. The van der Waals surface area contributed by atoms with E-state index in [1.807, 2.05) is 18.6 Å². The number of furan rings is 1. The van der Waals surface area contributed by atoms with Crippen molar-refractivity contribution < 1.29 is 13.9 Å². The molecule has 2 unspecified atom stereocenters. The Morgan fingerprint density at radius 1 is 1.16 bits per heavy atom. The van der Waals surface area contributed by atoms with Crippen LogP contribution in [0.15, 0.2) is 46.8 Å². The predicted molar refractivity (Wildman–Crippen MR) is 123 cm³/mol. The minimum Gasteiger partial charge on any atom is -0.472 e. The lowest BCUT2D eigenvalue weighted by molar-refractivity contribution is -0.176. The molecule has 1 aromatic heterocycles. The van der Waals surface area contributed by atoms with Gasteiger partial charge in [-0.15, -0.1) is 0 Å². The fourth-order valence-corrected chi connectivity index (χ4v) is 8.67. The summed E-state index contributed by atoms with van der Waals surface area (Å²) in [7, 11) is 0. The fraction of sp³-hybridized carbons (Fsp3) is 0.679. The molecule has 0 radical (unpaired) electrons. The molecule has 3 heteroatoms. The SMILES string of the molecule is CCO[C@@H]1CC2C(C)(C)C(=O)C=C[C@]2(C)C2CC[C@]3(C)C(=CC[C@H]3c3ccoc3)[C@@]21C. The third kappa shape index (κ3) is 2.59. The lowest BCUT2D eigenvalue weighted by Gasteiger charge is -2.66. The molecule has 0 bridgehead atoms. The van der Waals surface area contributed by atoms with Gasteiger partial charge in [0.05, 0.1) is 18.6 Å². The first-order valence-corrected chi connectivity index (χ1v) is 12.2. The number of carbonyl (C=O) groups excluding carboxylic acids is 1. The largest absolute Gasteiger partial charge is 0.472 e. The number of hydrogen-bond acceptors (Lipinski definition) is 3. The van der Waals surface area contributed by atoms with Crippen LogP contribution in [0.25, 0.3) is 0 Å². The van der Waals surface area contributed by atoms with Gasteiger partial charge in [-0.2, -0.15) is 0 Å². The molecule has 0 aromatic carbocycles. The van der Waals surface area contributed by atoms with E-state index in [9.17, 15) is 4.79 Å². The highest BCUT2D eigenvalue weighted by Gasteiger charge is 2.67. The van der Waals surface area contributed by atoms with Gasteiger partial charge in [0.2, 0.25) is 0 Å². The zero-order chi connectivity index (χ0) is 22.2. The van der Waals surface area contributed by atoms with Gasteiger partial charge in [0.25, 0.3) is 0 Å². The van der Waals surface area contributed by atoms with Crippen molar-refractivity contribution in [2.75, 3.05) is 6.61 Å². The Morgan fingerprint density at radius 3 is 2.61 bits per heavy atom. The number of rotatable bonds is 3. The van der Waals surface area contributed by atoms with E-state index in [-0.39, 0.29) is 33.5 Å². The average Bonchev–Trinajstić information content (AvgIpc) is 3.35. The highest BCUT2D eigenvalue weighted by molar-refractivity contribution is 5.95. The van der Waals surface area contributed by atoms with E-state index in [1.54, 1.807) is 5.57 Å². The maximum absolute atomic E-state index is 12.9. The van der Waals surface area contributed by atoms with Gasteiger partial charge in [-0.1, -0.05) is 52.3 Å². The maximum Gasteiger partial charge on any atom is 0.161 e. The Balaban J connectivity index is 1.63. The molecule has 1 heterocycles. The van der Waals surface area contributed by atoms with Crippen molar-refractivity contribution in [2.45, 2.75) is 79.2 Å². The summed E-state index contributed by atoms with van der Waals surface area (Å²) in [5.74, 6) is 1.53. The smallest absolute Gasteiger partial charge is 0.161 e. The molecule has 5 rings (SSSR count). The molecule has 31 heavy (non-hydrogen) atoms. The summed E-state index contributed by atoms with van der Waals surface area (Å²) in [5, 5.41) is 0. The van der Waals surface area contributed by atoms with Crippen LogP contribution in [-0.2, 0) is 9.53 Å². The lowest BCUT2D eigenvalue weighted by Crippen LogP contribution is -2.64. The van der Waals surface area contributed by atoms with Crippen LogP contribution in [0.4, 0.5) is 0 Å². The summed E-state index contributed by atoms with van der Waals surface area (Å²) in [6.07, 6.45) is 15.0. The topological polar surface area (TPSA) is 39.4 Å². The van der Waals surface area contributed by atoms with Crippen LogP contribution >= 0.6 is 0 Å². The molecular weight excluding hydrogens is 384 g/mol. The van der Waals surface area contributed by atoms with E-state index in [1.165, 1.54) is 18.4 Å². The van der Waals surface area contributed by atoms with Crippen LogP contribution in [0, 0.1) is 33.5 Å². The van der Waals surface area contributed by atoms with Crippen molar-refractivity contribution in [2.24, 2.45) is 33.5 Å². The quantitative estimate of drug-likeness (QED) is 0.508. The van der Waals surface area contributed by atoms with Gasteiger partial charge in [-0.25, -0.2) is 0 Å². The summed E-state index contributed by atoms with van der Waals surface area (Å²) >= 11 is 0. The Labute approximate surface area is 187 Å². The molecule has 0 saturated heterocycles. The van der Waals surface area contributed by atoms with Crippen molar-refractivity contribution in [3.05, 3.63) is 48.0 Å². The first-order valence-electron chi connectivity index (χ1n) is 12.2. The molecule has 2 saturated carbocycles. The van der Waals surface area contributed by atoms with E-state index >= 15 is 0 Å². The van der Waals surface area contributed by atoms with E-state index in [0.29, 0.717) is 17.8 Å². The summed E-state index contributed by atoms with van der Waals surface area (Å²) in [4.78, 5) is 12.9. The number of allylic oxidation sites excluding steroid dienone is 3. The van der Waals surface area contributed by atoms with E-state index in [2.05, 4.69) is 59.8 Å². The van der Waals surface area contributed by atoms with Crippen LogP contribution in [0.3, 0.4) is 0 Å². The molecule has 168 valence electrons. The van der Waals surface area contributed by atoms with Gasteiger partial charge in [-0.3, -0.25) is 4.79 Å². The van der Waals surface area contributed by atoms with E-state index in [0.717, 1.165) is 19.4 Å². The minimum atomic E-state index is -0.343.